The van der Waals surface area contributed by atoms with Gasteiger partial charge in [-0.2, -0.15) is 0 Å². The number of halogens is 2. The molecule has 0 bridgehead atoms. The van der Waals surface area contributed by atoms with E-state index in [1.54, 1.807) is 36.4 Å². The monoisotopic (exact) mass is 350 g/mol. The van der Waals surface area contributed by atoms with Crippen LogP contribution in [0, 0.1) is 5.82 Å². The van der Waals surface area contributed by atoms with Crippen LogP contribution in [0.2, 0.25) is 0 Å². The third kappa shape index (κ3) is 4.14. The zero-order valence-corrected chi connectivity index (χ0v) is 13.3. The SMILES string of the molecule is CCCOc1ccc(C(=O)Cc2ccccc2F)cc1Br. The Hall–Kier alpha value is -1.68. The Morgan fingerprint density at radius 1 is 1.24 bits per heavy atom. The fourth-order valence-electron chi connectivity index (χ4n) is 1.92. The molecule has 2 rings (SSSR count). The number of hydrogen-bond donors (Lipinski definition) is 0. The topological polar surface area (TPSA) is 26.3 Å². The molecule has 0 aromatic heterocycles. The predicted molar refractivity (Wildman–Crippen MR) is 84.4 cm³/mol. The maximum atomic E-state index is 13.6. The lowest BCUT2D eigenvalue weighted by atomic mass is 10.0. The second-order valence-corrected chi connectivity index (χ2v) is 5.54. The lowest BCUT2D eigenvalue weighted by molar-refractivity contribution is 0.0991. The van der Waals surface area contributed by atoms with Crippen molar-refractivity contribution in [2.24, 2.45) is 0 Å². The van der Waals surface area contributed by atoms with Crippen LogP contribution in [0.4, 0.5) is 4.39 Å². The summed E-state index contributed by atoms with van der Waals surface area (Å²) in [5.41, 5.74) is 0.943. The Morgan fingerprint density at radius 2 is 2.00 bits per heavy atom. The van der Waals surface area contributed by atoms with Crippen molar-refractivity contribution in [2.75, 3.05) is 6.61 Å². The van der Waals surface area contributed by atoms with Gasteiger partial charge in [-0.3, -0.25) is 4.79 Å². The molecule has 110 valence electrons. The van der Waals surface area contributed by atoms with Gasteiger partial charge in [-0.1, -0.05) is 25.1 Å². The van der Waals surface area contributed by atoms with E-state index < -0.39 is 0 Å². The molecule has 0 saturated heterocycles. The number of rotatable bonds is 6. The molecule has 0 aliphatic heterocycles. The summed E-state index contributed by atoms with van der Waals surface area (Å²) in [4.78, 5) is 12.2. The second-order valence-electron chi connectivity index (χ2n) is 4.69. The third-order valence-corrected chi connectivity index (χ3v) is 3.64. The van der Waals surface area contributed by atoms with Gasteiger partial charge in [0.05, 0.1) is 11.1 Å². The maximum absolute atomic E-state index is 13.6. The highest BCUT2D eigenvalue weighted by molar-refractivity contribution is 9.10. The number of carbonyl (C=O) groups excluding carboxylic acids is 1. The summed E-state index contributed by atoms with van der Waals surface area (Å²) in [6.45, 7) is 2.65. The number of benzene rings is 2. The van der Waals surface area contributed by atoms with Crippen LogP contribution < -0.4 is 4.74 Å². The fraction of sp³-hybridized carbons (Fsp3) is 0.235. The molecule has 0 atom stereocenters. The van der Waals surface area contributed by atoms with Crippen molar-refractivity contribution in [1.82, 2.24) is 0 Å². The van der Waals surface area contributed by atoms with E-state index in [0.717, 1.165) is 10.9 Å². The lowest BCUT2D eigenvalue weighted by Crippen LogP contribution is -2.05. The first kappa shape index (κ1) is 15.7. The molecule has 0 aliphatic carbocycles. The van der Waals surface area contributed by atoms with Crippen molar-refractivity contribution in [3.63, 3.8) is 0 Å². The van der Waals surface area contributed by atoms with Crippen LogP contribution in [0.5, 0.6) is 5.75 Å². The predicted octanol–water partition coefficient (Wildman–Crippen LogP) is 4.80. The summed E-state index contributed by atoms with van der Waals surface area (Å²) in [6, 6.07) is 11.5. The average Bonchev–Trinajstić information content (AvgIpc) is 2.48. The largest absolute Gasteiger partial charge is 0.492 e. The Bertz CT molecular complexity index is 640. The van der Waals surface area contributed by atoms with Crippen LogP contribution >= 0.6 is 15.9 Å². The fourth-order valence-corrected chi connectivity index (χ4v) is 2.41. The molecule has 0 fully saturated rings. The number of ether oxygens (including phenoxy) is 1. The Labute approximate surface area is 132 Å². The van der Waals surface area contributed by atoms with E-state index in [2.05, 4.69) is 15.9 Å². The summed E-state index contributed by atoms with van der Waals surface area (Å²) < 4.78 is 19.8. The summed E-state index contributed by atoms with van der Waals surface area (Å²) >= 11 is 3.39. The summed E-state index contributed by atoms with van der Waals surface area (Å²) in [5, 5.41) is 0. The number of carbonyl (C=O) groups is 1. The van der Waals surface area contributed by atoms with Gasteiger partial charge in [0, 0.05) is 12.0 Å². The highest BCUT2D eigenvalue weighted by atomic mass is 79.9. The minimum atomic E-state index is -0.354. The minimum absolute atomic E-state index is 0.0499. The van der Waals surface area contributed by atoms with Gasteiger partial charge >= 0.3 is 0 Å². The van der Waals surface area contributed by atoms with Gasteiger partial charge in [0.1, 0.15) is 11.6 Å². The third-order valence-electron chi connectivity index (χ3n) is 3.02. The molecule has 2 aromatic carbocycles. The standard InChI is InChI=1S/C17H16BrFO2/c1-2-9-21-17-8-7-13(10-14(17)18)16(20)11-12-5-3-4-6-15(12)19/h3-8,10H,2,9,11H2,1H3. The van der Waals surface area contributed by atoms with E-state index in [4.69, 9.17) is 4.74 Å². The van der Waals surface area contributed by atoms with E-state index >= 15 is 0 Å². The quantitative estimate of drug-likeness (QED) is 0.699. The number of Topliss-reactive ketones (excluding diaryl/α,β-unsaturated/α-hetero) is 1. The van der Waals surface area contributed by atoms with Gasteiger partial charge in [0.25, 0.3) is 0 Å². The van der Waals surface area contributed by atoms with Crippen LogP contribution in [-0.4, -0.2) is 12.4 Å². The van der Waals surface area contributed by atoms with Gasteiger partial charge in [-0.25, -0.2) is 4.39 Å². The first-order valence-electron chi connectivity index (χ1n) is 6.80. The molecule has 0 saturated carbocycles. The van der Waals surface area contributed by atoms with Gasteiger partial charge < -0.3 is 4.74 Å². The zero-order valence-electron chi connectivity index (χ0n) is 11.7. The molecule has 0 radical (unpaired) electrons. The molecular weight excluding hydrogens is 335 g/mol. The molecular formula is C17H16BrFO2. The van der Waals surface area contributed by atoms with Gasteiger partial charge in [0.2, 0.25) is 0 Å². The number of hydrogen-bond acceptors (Lipinski definition) is 2. The van der Waals surface area contributed by atoms with Crippen LogP contribution in [0.3, 0.4) is 0 Å². The molecule has 4 heteroatoms. The summed E-state index contributed by atoms with van der Waals surface area (Å²) in [7, 11) is 0. The van der Waals surface area contributed by atoms with Crippen LogP contribution in [0.1, 0.15) is 29.3 Å². The lowest BCUT2D eigenvalue weighted by Gasteiger charge is -2.09. The first-order valence-corrected chi connectivity index (χ1v) is 7.60. The van der Waals surface area contributed by atoms with Gasteiger partial charge in [-0.05, 0) is 52.2 Å². The smallest absolute Gasteiger partial charge is 0.167 e. The maximum Gasteiger partial charge on any atom is 0.167 e. The van der Waals surface area contributed by atoms with E-state index in [1.807, 2.05) is 6.92 Å². The molecule has 0 aliphatic rings. The molecule has 21 heavy (non-hydrogen) atoms. The molecule has 0 unspecified atom stereocenters. The minimum Gasteiger partial charge on any atom is -0.492 e. The molecule has 0 spiro atoms. The Morgan fingerprint density at radius 3 is 2.67 bits per heavy atom. The van der Waals surface area contributed by atoms with Crippen LogP contribution in [-0.2, 0) is 6.42 Å². The van der Waals surface area contributed by atoms with Crippen LogP contribution in [0.25, 0.3) is 0 Å². The normalized spacial score (nSPS) is 10.4. The van der Waals surface area contributed by atoms with Crippen molar-refractivity contribution in [3.8, 4) is 5.75 Å². The molecule has 2 nitrogen and oxygen atoms in total. The first-order chi connectivity index (χ1) is 10.1. The van der Waals surface area contributed by atoms with Crippen molar-refractivity contribution >= 4 is 21.7 Å². The highest BCUT2D eigenvalue weighted by Gasteiger charge is 2.12. The van der Waals surface area contributed by atoms with Gasteiger partial charge in [-0.15, -0.1) is 0 Å². The van der Waals surface area contributed by atoms with Crippen molar-refractivity contribution < 1.29 is 13.9 Å². The van der Waals surface area contributed by atoms with E-state index in [0.29, 0.717) is 23.5 Å². The van der Waals surface area contributed by atoms with Crippen LogP contribution in [0.15, 0.2) is 46.9 Å². The highest BCUT2D eigenvalue weighted by Crippen LogP contribution is 2.27. The van der Waals surface area contributed by atoms with Crippen molar-refractivity contribution in [2.45, 2.75) is 19.8 Å². The van der Waals surface area contributed by atoms with Gasteiger partial charge in [0.15, 0.2) is 5.78 Å². The number of ketones is 1. The van der Waals surface area contributed by atoms with Crippen molar-refractivity contribution in [1.29, 1.82) is 0 Å². The summed E-state index contributed by atoms with van der Waals surface area (Å²) in [5.74, 6) is 0.231. The molecule has 2 aromatic rings. The second kappa shape index (κ2) is 7.36. The van der Waals surface area contributed by atoms with E-state index in [1.165, 1.54) is 6.07 Å². The Kier molecular flexibility index (Phi) is 5.51. The molecule has 0 amide bonds. The Balaban J connectivity index is 2.13. The average molecular weight is 351 g/mol. The zero-order chi connectivity index (χ0) is 15.2. The van der Waals surface area contributed by atoms with Crippen molar-refractivity contribution in [3.05, 3.63) is 63.9 Å². The molecule has 0 N–H and O–H groups in total. The summed E-state index contributed by atoms with van der Waals surface area (Å²) in [6.07, 6.45) is 0.967. The molecule has 0 heterocycles. The van der Waals surface area contributed by atoms with E-state index in [-0.39, 0.29) is 18.0 Å². The van der Waals surface area contributed by atoms with E-state index in [9.17, 15) is 9.18 Å².